The standard InChI is InChI=1S/C23H28F2N2O2/c1-22(2)12-15(13-23(3,4)27-22)26-21(28)18-8-6-14(10-19(18)24)17-9-7-16(29-5)11-20(17)25/h6-11,15,27H,12-13H2,1-5H3,(H,26,28). The van der Waals surface area contributed by atoms with Crippen LogP contribution in [0.3, 0.4) is 0 Å². The molecule has 0 unspecified atom stereocenters. The van der Waals surface area contributed by atoms with Gasteiger partial charge in [-0.3, -0.25) is 4.79 Å². The molecule has 1 aliphatic rings. The van der Waals surface area contributed by atoms with Crippen molar-refractivity contribution < 1.29 is 18.3 Å². The average molecular weight is 402 g/mol. The lowest BCUT2D eigenvalue weighted by Gasteiger charge is -2.46. The van der Waals surface area contributed by atoms with Crippen molar-refractivity contribution in [1.29, 1.82) is 0 Å². The van der Waals surface area contributed by atoms with E-state index in [9.17, 15) is 13.6 Å². The Kier molecular flexibility index (Phi) is 5.68. The van der Waals surface area contributed by atoms with Gasteiger partial charge in [0, 0.05) is 28.7 Å². The normalized spacial score (nSPS) is 18.3. The molecule has 0 aliphatic carbocycles. The summed E-state index contributed by atoms with van der Waals surface area (Å²) in [6, 6.07) is 8.47. The highest BCUT2D eigenvalue weighted by atomic mass is 19.1. The van der Waals surface area contributed by atoms with Gasteiger partial charge in [-0.05, 0) is 70.4 Å². The number of benzene rings is 2. The van der Waals surface area contributed by atoms with Crippen molar-refractivity contribution in [3.05, 3.63) is 53.6 Å². The van der Waals surface area contributed by atoms with Crippen molar-refractivity contribution in [1.82, 2.24) is 10.6 Å². The van der Waals surface area contributed by atoms with Gasteiger partial charge in [-0.2, -0.15) is 0 Å². The van der Waals surface area contributed by atoms with Gasteiger partial charge in [-0.15, -0.1) is 0 Å². The molecule has 0 radical (unpaired) electrons. The number of hydrogen-bond donors (Lipinski definition) is 2. The topological polar surface area (TPSA) is 50.4 Å². The Labute approximate surface area is 170 Å². The summed E-state index contributed by atoms with van der Waals surface area (Å²) >= 11 is 0. The van der Waals surface area contributed by atoms with Crippen LogP contribution in [0.4, 0.5) is 8.78 Å². The van der Waals surface area contributed by atoms with E-state index in [1.54, 1.807) is 12.1 Å². The first kappa shape index (κ1) is 21.2. The number of amides is 1. The molecule has 1 aliphatic heterocycles. The summed E-state index contributed by atoms with van der Waals surface area (Å²) in [6.45, 7) is 8.36. The fraction of sp³-hybridized carbons (Fsp3) is 0.435. The Hall–Kier alpha value is -2.47. The molecular formula is C23H28F2N2O2. The third-order valence-electron chi connectivity index (χ3n) is 5.23. The average Bonchev–Trinajstić information content (AvgIpc) is 2.58. The predicted molar refractivity (Wildman–Crippen MR) is 110 cm³/mol. The Morgan fingerprint density at radius 2 is 1.69 bits per heavy atom. The summed E-state index contributed by atoms with van der Waals surface area (Å²) in [7, 11) is 1.45. The predicted octanol–water partition coefficient (Wildman–Crippen LogP) is 4.68. The third-order valence-corrected chi connectivity index (χ3v) is 5.23. The molecule has 156 valence electrons. The van der Waals surface area contributed by atoms with Gasteiger partial charge in [0.2, 0.25) is 0 Å². The van der Waals surface area contributed by atoms with Crippen LogP contribution in [0.5, 0.6) is 5.75 Å². The van der Waals surface area contributed by atoms with Crippen LogP contribution in [0.25, 0.3) is 11.1 Å². The zero-order chi connectivity index (χ0) is 21.4. The van der Waals surface area contributed by atoms with E-state index >= 15 is 0 Å². The quantitative estimate of drug-likeness (QED) is 0.781. The number of rotatable bonds is 4. The summed E-state index contributed by atoms with van der Waals surface area (Å²) in [5.74, 6) is -1.26. The van der Waals surface area contributed by atoms with Crippen LogP contribution in [0.1, 0.15) is 50.9 Å². The van der Waals surface area contributed by atoms with E-state index in [1.807, 2.05) is 0 Å². The van der Waals surface area contributed by atoms with Gasteiger partial charge in [0.25, 0.3) is 5.91 Å². The molecule has 0 atom stereocenters. The third kappa shape index (κ3) is 4.93. The van der Waals surface area contributed by atoms with Crippen molar-refractivity contribution in [3.63, 3.8) is 0 Å². The zero-order valence-electron chi connectivity index (χ0n) is 17.5. The van der Waals surface area contributed by atoms with Crippen molar-refractivity contribution in [2.24, 2.45) is 0 Å². The molecule has 4 nitrogen and oxygen atoms in total. The highest BCUT2D eigenvalue weighted by Crippen LogP contribution is 2.30. The molecule has 29 heavy (non-hydrogen) atoms. The summed E-state index contributed by atoms with van der Waals surface area (Å²) in [6.07, 6.45) is 1.50. The van der Waals surface area contributed by atoms with Gasteiger partial charge < -0.3 is 15.4 Å². The minimum absolute atomic E-state index is 0.0446. The SMILES string of the molecule is COc1ccc(-c2ccc(C(=O)NC3CC(C)(C)NC(C)(C)C3)c(F)c2)c(F)c1. The second-order valence-electron chi connectivity index (χ2n) is 9.01. The first-order valence-electron chi connectivity index (χ1n) is 9.73. The van der Waals surface area contributed by atoms with Crippen molar-refractivity contribution in [3.8, 4) is 16.9 Å². The van der Waals surface area contributed by atoms with Gasteiger partial charge in [0.05, 0.1) is 12.7 Å². The summed E-state index contributed by atoms with van der Waals surface area (Å²) in [5, 5.41) is 6.52. The van der Waals surface area contributed by atoms with E-state index in [-0.39, 0.29) is 28.2 Å². The summed E-state index contributed by atoms with van der Waals surface area (Å²) in [4.78, 5) is 12.7. The van der Waals surface area contributed by atoms with Crippen LogP contribution < -0.4 is 15.4 Å². The van der Waals surface area contributed by atoms with Gasteiger partial charge in [-0.1, -0.05) is 6.07 Å². The number of piperidine rings is 1. The van der Waals surface area contributed by atoms with Crippen LogP contribution >= 0.6 is 0 Å². The largest absolute Gasteiger partial charge is 0.497 e. The molecule has 2 aromatic carbocycles. The van der Waals surface area contributed by atoms with Crippen LogP contribution in [-0.4, -0.2) is 30.1 Å². The molecule has 1 saturated heterocycles. The lowest BCUT2D eigenvalue weighted by Crippen LogP contribution is -2.62. The second-order valence-corrected chi connectivity index (χ2v) is 9.01. The number of halogens is 2. The van der Waals surface area contributed by atoms with E-state index < -0.39 is 17.5 Å². The number of ether oxygens (including phenoxy) is 1. The smallest absolute Gasteiger partial charge is 0.254 e. The Bertz CT molecular complexity index is 909. The van der Waals surface area contributed by atoms with Gasteiger partial charge in [0.1, 0.15) is 17.4 Å². The highest BCUT2D eigenvalue weighted by Gasteiger charge is 2.38. The maximum Gasteiger partial charge on any atom is 0.254 e. The van der Waals surface area contributed by atoms with Crippen LogP contribution in [0, 0.1) is 11.6 Å². The van der Waals surface area contributed by atoms with Crippen molar-refractivity contribution in [2.45, 2.75) is 57.7 Å². The van der Waals surface area contributed by atoms with E-state index in [2.05, 4.69) is 38.3 Å². The molecule has 3 rings (SSSR count). The zero-order valence-corrected chi connectivity index (χ0v) is 17.5. The maximum absolute atomic E-state index is 14.7. The summed E-state index contributed by atoms with van der Waals surface area (Å²) < 4.78 is 34.0. The van der Waals surface area contributed by atoms with Crippen molar-refractivity contribution in [2.75, 3.05) is 7.11 Å². The first-order valence-corrected chi connectivity index (χ1v) is 9.73. The molecule has 0 bridgehead atoms. The van der Waals surface area contributed by atoms with E-state index in [4.69, 9.17) is 4.74 Å². The fourth-order valence-corrected chi connectivity index (χ4v) is 4.41. The Morgan fingerprint density at radius 3 is 2.24 bits per heavy atom. The van der Waals surface area contributed by atoms with E-state index in [0.717, 1.165) is 12.8 Å². The lowest BCUT2D eigenvalue weighted by molar-refractivity contribution is 0.0869. The Balaban J connectivity index is 1.79. The van der Waals surface area contributed by atoms with Gasteiger partial charge >= 0.3 is 0 Å². The van der Waals surface area contributed by atoms with Crippen LogP contribution in [0.15, 0.2) is 36.4 Å². The Morgan fingerprint density at radius 1 is 1.03 bits per heavy atom. The second kappa shape index (κ2) is 7.75. The number of carbonyl (C=O) groups is 1. The number of nitrogens with one attached hydrogen (secondary N) is 2. The number of methoxy groups -OCH3 is 1. The molecule has 0 spiro atoms. The molecule has 0 saturated carbocycles. The van der Waals surface area contributed by atoms with Gasteiger partial charge in [-0.25, -0.2) is 8.78 Å². The lowest BCUT2D eigenvalue weighted by atomic mass is 9.79. The maximum atomic E-state index is 14.7. The fourth-order valence-electron chi connectivity index (χ4n) is 4.41. The van der Waals surface area contributed by atoms with Crippen LogP contribution in [0.2, 0.25) is 0 Å². The number of carbonyl (C=O) groups excluding carboxylic acids is 1. The number of hydrogen-bond acceptors (Lipinski definition) is 3. The molecule has 2 N–H and O–H groups in total. The molecule has 1 heterocycles. The van der Waals surface area contributed by atoms with Gasteiger partial charge in [0.15, 0.2) is 0 Å². The highest BCUT2D eigenvalue weighted by molar-refractivity contribution is 5.95. The van der Waals surface area contributed by atoms with Crippen LogP contribution in [-0.2, 0) is 0 Å². The molecule has 6 heteroatoms. The van der Waals surface area contributed by atoms with Crippen molar-refractivity contribution >= 4 is 5.91 Å². The molecular weight excluding hydrogens is 374 g/mol. The molecule has 2 aromatic rings. The minimum atomic E-state index is -0.678. The van der Waals surface area contributed by atoms with E-state index in [1.165, 1.54) is 31.4 Å². The molecule has 0 aromatic heterocycles. The first-order chi connectivity index (χ1) is 13.5. The summed E-state index contributed by atoms with van der Waals surface area (Å²) in [5.41, 5.74) is 0.306. The van der Waals surface area contributed by atoms with E-state index in [0.29, 0.717) is 11.3 Å². The molecule has 1 fully saturated rings. The molecule has 1 amide bonds. The minimum Gasteiger partial charge on any atom is -0.497 e. The monoisotopic (exact) mass is 402 g/mol.